The number of esters is 4. The molecule has 0 aromatic heterocycles. The van der Waals surface area contributed by atoms with Gasteiger partial charge in [-0.05, 0) is 31.6 Å². The predicted octanol–water partition coefficient (Wildman–Crippen LogP) is 20.5. The molecule has 0 aromatic rings. The van der Waals surface area contributed by atoms with E-state index in [0.717, 1.165) is 95.8 Å². The highest BCUT2D eigenvalue weighted by Gasteiger charge is 2.30. The third-order valence-corrected chi connectivity index (χ3v) is 18.4. The minimum atomic E-state index is -4.95. The zero-order chi connectivity index (χ0) is 66.3. The Morgan fingerprint density at radius 3 is 0.756 bits per heavy atom. The van der Waals surface area contributed by atoms with Crippen LogP contribution in [0.2, 0.25) is 0 Å². The Bertz CT molecular complexity index is 1740. The molecule has 19 heteroatoms. The molecule has 17 nitrogen and oxygen atoms in total. The molecule has 0 bridgehead atoms. The first-order valence-electron chi connectivity index (χ1n) is 37.1. The third kappa shape index (κ3) is 64.8. The lowest BCUT2D eigenvalue weighted by molar-refractivity contribution is -0.161. The van der Waals surface area contributed by atoms with Crippen LogP contribution in [0, 0.1) is 5.92 Å². The molecule has 0 aliphatic rings. The van der Waals surface area contributed by atoms with Crippen LogP contribution >= 0.6 is 15.6 Å². The van der Waals surface area contributed by atoms with Crippen LogP contribution in [0.15, 0.2) is 0 Å². The molecule has 0 heterocycles. The monoisotopic (exact) mass is 1320 g/mol. The number of hydrogen-bond donors (Lipinski definition) is 3. The van der Waals surface area contributed by atoms with E-state index >= 15 is 0 Å². The van der Waals surface area contributed by atoms with E-state index < -0.39 is 97.5 Å². The Hall–Kier alpha value is -1.94. The van der Waals surface area contributed by atoms with Crippen LogP contribution < -0.4 is 0 Å². The molecule has 0 rings (SSSR count). The number of unbranched alkanes of at least 4 members (excludes halogenated alkanes) is 43. The highest BCUT2D eigenvalue weighted by molar-refractivity contribution is 7.47. The number of phosphoric acid groups is 2. The Balaban J connectivity index is 5.25. The average Bonchev–Trinajstić information content (AvgIpc) is 3.60. The molecule has 0 amide bonds. The van der Waals surface area contributed by atoms with Crippen LogP contribution in [0.1, 0.15) is 369 Å². The molecule has 0 aliphatic heterocycles. The van der Waals surface area contributed by atoms with Crippen molar-refractivity contribution in [3.8, 4) is 0 Å². The molecule has 3 N–H and O–H groups in total. The molecule has 0 saturated heterocycles. The minimum Gasteiger partial charge on any atom is -0.462 e. The fraction of sp³-hybridized carbons (Fsp3) is 0.944. The highest BCUT2D eigenvalue weighted by atomic mass is 31.2. The van der Waals surface area contributed by atoms with Gasteiger partial charge in [0.05, 0.1) is 26.4 Å². The van der Waals surface area contributed by atoms with Gasteiger partial charge in [-0.15, -0.1) is 0 Å². The minimum absolute atomic E-state index is 0.107. The van der Waals surface area contributed by atoms with Gasteiger partial charge in [0.15, 0.2) is 12.2 Å². The van der Waals surface area contributed by atoms with Crippen LogP contribution in [-0.2, 0) is 65.4 Å². The Kier molecular flexibility index (Phi) is 63.0. The predicted molar refractivity (Wildman–Crippen MR) is 363 cm³/mol. The number of rotatable bonds is 71. The van der Waals surface area contributed by atoms with E-state index in [1.165, 1.54) is 193 Å². The third-order valence-electron chi connectivity index (χ3n) is 16.5. The summed E-state index contributed by atoms with van der Waals surface area (Å²) in [5.41, 5.74) is 0. The van der Waals surface area contributed by atoms with E-state index in [-0.39, 0.29) is 25.7 Å². The van der Waals surface area contributed by atoms with Gasteiger partial charge in [0.1, 0.15) is 19.3 Å². The van der Waals surface area contributed by atoms with Crippen LogP contribution in [-0.4, -0.2) is 96.7 Å². The van der Waals surface area contributed by atoms with E-state index in [0.29, 0.717) is 25.7 Å². The zero-order valence-electron chi connectivity index (χ0n) is 58.3. The molecule has 0 radical (unpaired) electrons. The van der Waals surface area contributed by atoms with E-state index in [9.17, 15) is 43.2 Å². The molecule has 534 valence electrons. The van der Waals surface area contributed by atoms with Gasteiger partial charge < -0.3 is 33.8 Å². The van der Waals surface area contributed by atoms with Crippen molar-refractivity contribution in [1.29, 1.82) is 0 Å². The summed E-state index contributed by atoms with van der Waals surface area (Å²) < 4.78 is 68.3. The Morgan fingerprint density at radius 2 is 0.511 bits per heavy atom. The summed E-state index contributed by atoms with van der Waals surface area (Å²) in [4.78, 5) is 72.6. The van der Waals surface area contributed by atoms with Gasteiger partial charge in [-0.25, -0.2) is 9.13 Å². The van der Waals surface area contributed by atoms with Crippen molar-refractivity contribution in [3.05, 3.63) is 0 Å². The molecule has 0 fully saturated rings. The number of hydrogen-bond acceptors (Lipinski definition) is 15. The number of carbonyl (C=O) groups excluding carboxylic acids is 4. The Labute approximate surface area is 549 Å². The summed E-state index contributed by atoms with van der Waals surface area (Å²) >= 11 is 0. The summed E-state index contributed by atoms with van der Waals surface area (Å²) in [7, 11) is -9.90. The van der Waals surface area contributed by atoms with Gasteiger partial charge in [-0.3, -0.25) is 37.3 Å². The van der Waals surface area contributed by atoms with Crippen molar-refractivity contribution in [1.82, 2.24) is 0 Å². The summed E-state index contributed by atoms with van der Waals surface area (Å²) in [6.45, 7) is 7.26. The van der Waals surface area contributed by atoms with Crippen molar-refractivity contribution in [2.24, 2.45) is 5.92 Å². The molecular formula is C71H138O17P2. The second kappa shape index (κ2) is 64.4. The van der Waals surface area contributed by atoms with E-state index in [1.807, 2.05) is 0 Å². The molecular weight excluding hydrogens is 1190 g/mol. The second-order valence-corrected chi connectivity index (χ2v) is 29.0. The zero-order valence-corrected chi connectivity index (χ0v) is 60.1. The number of phosphoric ester groups is 2. The lowest BCUT2D eigenvalue weighted by Gasteiger charge is -2.21. The van der Waals surface area contributed by atoms with Gasteiger partial charge in [-0.1, -0.05) is 317 Å². The lowest BCUT2D eigenvalue weighted by atomic mass is 10.0. The van der Waals surface area contributed by atoms with Crippen LogP contribution in [0.4, 0.5) is 0 Å². The first kappa shape index (κ1) is 88.1. The molecule has 5 atom stereocenters. The van der Waals surface area contributed by atoms with Gasteiger partial charge in [-0.2, -0.15) is 0 Å². The number of aliphatic hydroxyl groups excluding tert-OH is 1. The fourth-order valence-corrected chi connectivity index (χ4v) is 12.4. The Morgan fingerprint density at radius 1 is 0.300 bits per heavy atom. The van der Waals surface area contributed by atoms with Crippen molar-refractivity contribution in [3.63, 3.8) is 0 Å². The average molecular weight is 1330 g/mol. The smallest absolute Gasteiger partial charge is 0.462 e. The second-order valence-electron chi connectivity index (χ2n) is 26.1. The molecule has 0 aromatic carbocycles. The maximum absolute atomic E-state index is 13.0. The molecule has 0 aliphatic carbocycles. The van der Waals surface area contributed by atoms with Crippen molar-refractivity contribution < 1.29 is 80.2 Å². The summed E-state index contributed by atoms with van der Waals surface area (Å²) in [6.07, 6.45) is 51.1. The molecule has 0 spiro atoms. The van der Waals surface area contributed by atoms with Crippen molar-refractivity contribution >= 4 is 39.5 Å². The lowest BCUT2D eigenvalue weighted by Crippen LogP contribution is -2.30. The van der Waals surface area contributed by atoms with Crippen LogP contribution in [0.5, 0.6) is 0 Å². The molecule has 90 heavy (non-hydrogen) atoms. The van der Waals surface area contributed by atoms with Crippen molar-refractivity contribution in [2.75, 3.05) is 39.6 Å². The maximum Gasteiger partial charge on any atom is 0.472 e. The van der Waals surface area contributed by atoms with Gasteiger partial charge >= 0.3 is 39.5 Å². The fourth-order valence-electron chi connectivity index (χ4n) is 10.8. The summed E-state index contributed by atoms with van der Waals surface area (Å²) in [5, 5.41) is 10.6. The standard InChI is InChI=1S/C71H138O17P2/c1-6-9-12-15-18-21-24-25-31-35-40-45-50-55-69(74)82-61-67(88-71(76)57-52-47-42-37-32-27-26-30-33-38-43-48-53-64(4)5)63-86-90(79,80)84-59-65(72)58-83-89(77,78)85-62-66(87-70(75)56-51-46-41-36-29-23-20-17-14-11-8-3)60-81-68(73)54-49-44-39-34-28-22-19-16-13-10-7-2/h64-67,72H,6-63H2,1-5H3,(H,77,78)(H,79,80)/t65-,66+,67+/m0/s1. The summed E-state index contributed by atoms with van der Waals surface area (Å²) in [5.74, 6) is -1.34. The van der Waals surface area contributed by atoms with Gasteiger partial charge in [0.2, 0.25) is 0 Å². The van der Waals surface area contributed by atoms with Gasteiger partial charge in [0, 0.05) is 25.7 Å². The summed E-state index contributed by atoms with van der Waals surface area (Å²) in [6, 6.07) is 0. The van der Waals surface area contributed by atoms with Gasteiger partial charge in [0.25, 0.3) is 0 Å². The van der Waals surface area contributed by atoms with Crippen LogP contribution in [0.25, 0.3) is 0 Å². The van der Waals surface area contributed by atoms with E-state index in [2.05, 4.69) is 34.6 Å². The largest absolute Gasteiger partial charge is 0.472 e. The first-order chi connectivity index (χ1) is 43.5. The highest BCUT2D eigenvalue weighted by Crippen LogP contribution is 2.45. The van der Waals surface area contributed by atoms with E-state index in [4.69, 9.17) is 37.0 Å². The SMILES string of the molecule is CCCCCCCCCCCCCCCC(=O)OC[C@H](COP(=O)(O)OC[C@@H](O)COP(=O)(O)OC[C@@H](COC(=O)CCCCCCCCCCCCC)OC(=O)CCCCCCCCCCCCC)OC(=O)CCCCCCCCCCCCCCC(C)C. The molecule has 0 saturated carbocycles. The van der Waals surface area contributed by atoms with E-state index in [1.54, 1.807) is 0 Å². The van der Waals surface area contributed by atoms with Crippen LogP contribution in [0.3, 0.4) is 0 Å². The number of carbonyl (C=O) groups is 4. The normalized spacial score (nSPS) is 14.1. The maximum atomic E-state index is 13.0. The number of aliphatic hydroxyl groups is 1. The number of ether oxygens (including phenoxy) is 4. The quantitative estimate of drug-likeness (QED) is 0.0222. The first-order valence-corrected chi connectivity index (χ1v) is 40.1. The molecule has 2 unspecified atom stereocenters. The van der Waals surface area contributed by atoms with Crippen molar-refractivity contribution in [2.45, 2.75) is 387 Å². The topological polar surface area (TPSA) is 237 Å².